The largest absolute Gasteiger partial charge is 2.00 e. The zero-order chi connectivity index (χ0) is 50.0. The molecule has 9 aromatic carbocycles. The molecule has 2 aliphatic heterocycles. The second-order valence-electron chi connectivity index (χ2n) is 18.7. The van der Waals surface area contributed by atoms with Crippen molar-refractivity contribution in [1.82, 2.24) is 19.9 Å². The molecule has 8 heteroatoms. The molecule has 4 heterocycles. The van der Waals surface area contributed by atoms with E-state index in [0.29, 0.717) is 33.5 Å². The van der Waals surface area contributed by atoms with Crippen LogP contribution in [0.15, 0.2) is 237 Å². The first-order valence-corrected chi connectivity index (χ1v) is 24.8. The maximum atomic E-state index is 10.5. The summed E-state index contributed by atoms with van der Waals surface area (Å²) >= 11 is 0. The van der Waals surface area contributed by atoms with Gasteiger partial charge in [0, 0.05) is 33.6 Å². The van der Waals surface area contributed by atoms with E-state index in [2.05, 4.69) is 199 Å². The van der Waals surface area contributed by atoms with Crippen molar-refractivity contribution in [2.45, 2.75) is 0 Å². The molecule has 0 N–H and O–H groups in total. The van der Waals surface area contributed by atoms with Crippen LogP contribution in [0.4, 0.5) is 17.1 Å². The number of aromatic nitrogens is 4. The topological polar surface area (TPSA) is 105 Å². The first-order valence-electron chi connectivity index (χ1n) is 24.8. The molecule has 0 radical (unpaired) electrons. The van der Waals surface area contributed by atoms with Crippen LogP contribution in [0.3, 0.4) is 0 Å². The summed E-state index contributed by atoms with van der Waals surface area (Å²) in [6.07, 6.45) is 0. The molecule has 0 spiro atoms. The summed E-state index contributed by atoms with van der Waals surface area (Å²) in [4.78, 5) is 26.0. The van der Waals surface area contributed by atoms with Gasteiger partial charge in [-0.25, -0.2) is 9.97 Å². The zero-order valence-electron chi connectivity index (χ0n) is 40.5. The molecule has 0 fully saturated rings. The Morgan fingerprint density at radius 3 is 1.05 bits per heavy atom. The van der Waals surface area contributed by atoms with E-state index in [4.69, 9.17) is 19.9 Å². The van der Waals surface area contributed by atoms with Crippen molar-refractivity contribution in [1.29, 1.82) is 10.5 Å². The Labute approximate surface area is 452 Å². The fourth-order valence-corrected chi connectivity index (χ4v) is 11.2. The fraction of sp³-hybridized carbons (Fsp3) is 0. The number of hydrogen-bond donors (Lipinski definition) is 0. The van der Waals surface area contributed by atoms with Gasteiger partial charge in [0.25, 0.3) is 0 Å². The summed E-state index contributed by atoms with van der Waals surface area (Å²) in [6.45, 7) is 0. The monoisotopic (exact) mass is 1150 g/mol. The number of para-hydroxylation sites is 2. The molecule has 0 saturated heterocycles. The van der Waals surface area contributed by atoms with Crippen LogP contribution in [0.1, 0.15) is 11.1 Å². The van der Waals surface area contributed by atoms with Crippen LogP contribution in [-0.2, 0) is 21.1 Å². The van der Waals surface area contributed by atoms with Crippen LogP contribution in [-0.4, -0.2) is 9.97 Å². The summed E-state index contributed by atoms with van der Waals surface area (Å²) in [5, 5.41) is 24.8. The average Bonchev–Trinajstić information content (AvgIpc) is 4.26. The molecule has 7 nitrogen and oxygen atoms in total. The van der Waals surface area contributed by atoms with Gasteiger partial charge in [-0.15, -0.1) is 22.1 Å². The number of anilines is 3. The van der Waals surface area contributed by atoms with Crippen molar-refractivity contribution in [2.24, 2.45) is 0 Å². The minimum atomic E-state index is 0. The van der Waals surface area contributed by atoms with Crippen LogP contribution in [0.5, 0.6) is 0 Å². The Morgan fingerprint density at radius 1 is 0.329 bits per heavy atom. The van der Waals surface area contributed by atoms with Gasteiger partial charge in [0.05, 0.1) is 51.7 Å². The minimum Gasteiger partial charge on any atom is -0.656 e. The van der Waals surface area contributed by atoms with E-state index < -0.39 is 0 Å². The second-order valence-corrected chi connectivity index (χ2v) is 18.7. The van der Waals surface area contributed by atoms with Gasteiger partial charge in [-0.1, -0.05) is 194 Å². The fourth-order valence-electron chi connectivity index (χ4n) is 11.2. The number of hydrogen-bond acceptors (Lipinski definition) is 5. The molecule has 2 aromatic heterocycles. The van der Waals surface area contributed by atoms with Gasteiger partial charge in [-0.05, 0) is 97.4 Å². The maximum Gasteiger partial charge on any atom is 2.00 e. The Kier molecular flexibility index (Phi) is 11.4. The molecular formula is C68H39N7Pt. The minimum absolute atomic E-state index is 0. The van der Waals surface area contributed by atoms with E-state index in [9.17, 15) is 10.5 Å². The van der Waals surface area contributed by atoms with Crippen molar-refractivity contribution in [3.05, 3.63) is 248 Å². The molecule has 14 rings (SSSR count). The van der Waals surface area contributed by atoms with Crippen LogP contribution in [0, 0.1) is 22.7 Å². The predicted molar refractivity (Wildman–Crippen MR) is 303 cm³/mol. The molecule has 8 bridgehead atoms. The molecule has 11 aromatic rings. The van der Waals surface area contributed by atoms with Gasteiger partial charge in [0.15, 0.2) is 0 Å². The molecular weight excluding hydrogens is 1110 g/mol. The zero-order valence-corrected chi connectivity index (χ0v) is 42.7. The normalized spacial score (nSPS) is 11.3. The molecule has 0 amide bonds. The van der Waals surface area contributed by atoms with Gasteiger partial charge in [-0.2, -0.15) is 10.5 Å². The van der Waals surface area contributed by atoms with Gasteiger partial charge < -0.3 is 14.9 Å². The van der Waals surface area contributed by atoms with E-state index in [1.54, 1.807) is 6.07 Å². The van der Waals surface area contributed by atoms with Crippen LogP contribution < -0.4 is 14.9 Å². The maximum absolute atomic E-state index is 10.5. The Hall–Kier alpha value is -9.91. The molecule has 0 unspecified atom stereocenters. The van der Waals surface area contributed by atoms with Crippen molar-refractivity contribution < 1.29 is 21.1 Å². The summed E-state index contributed by atoms with van der Waals surface area (Å²) in [7, 11) is 0. The van der Waals surface area contributed by atoms with Crippen molar-refractivity contribution in [2.75, 3.05) is 4.90 Å². The number of nitrogens with zero attached hydrogens (tertiary/aromatic N) is 7. The van der Waals surface area contributed by atoms with Gasteiger partial charge in [-0.3, -0.25) is 0 Å². The average molecular weight is 1150 g/mol. The van der Waals surface area contributed by atoms with Crippen LogP contribution >= 0.6 is 0 Å². The molecule has 0 saturated carbocycles. The van der Waals surface area contributed by atoms with E-state index in [1.807, 2.05) is 48.5 Å². The van der Waals surface area contributed by atoms with Crippen molar-refractivity contribution >= 4 is 60.7 Å². The van der Waals surface area contributed by atoms with Crippen LogP contribution in [0.25, 0.3) is 122 Å². The van der Waals surface area contributed by atoms with Gasteiger partial charge >= 0.3 is 21.1 Å². The summed E-state index contributed by atoms with van der Waals surface area (Å²) in [6, 6.07) is 85.4. The van der Waals surface area contributed by atoms with Crippen molar-refractivity contribution in [3.63, 3.8) is 0 Å². The summed E-state index contributed by atoms with van der Waals surface area (Å²) < 4.78 is 0. The second kappa shape index (κ2) is 18.9. The molecule has 0 atom stereocenters. The third kappa shape index (κ3) is 7.37. The SMILES string of the molecule is N#Cc1cc(C#N)cc(-c2c3nc(c(-c4ccccc4)c4[n-]c(c(N(c5ccccc5)c5ccccc5)c5nc(c(-c6ccccc6)c6[n-]c2c2ccccc62)-c2ccccc2-5)c2ccccc42)-c2ccccc2-3)c1.[Pt+2]. The Bertz CT molecular complexity index is 4440. The van der Waals surface area contributed by atoms with Crippen LogP contribution in [0.2, 0.25) is 0 Å². The first kappa shape index (κ1) is 45.9. The summed E-state index contributed by atoms with van der Waals surface area (Å²) in [5.74, 6) is 0. The van der Waals surface area contributed by atoms with E-state index >= 15 is 0 Å². The molecule has 76 heavy (non-hydrogen) atoms. The standard InChI is InChI=1S/C68H39N7.Pt/c69-40-42-37-43(41-70)39-46(38-42)59-64-51-31-15-13-29-49(51)60(71-64)57(44-21-5-1-6-22-44)62-53-33-17-19-35-55(53)66(73-62)68(75(47-25-9-3-10-26-47)48-27-11-4-12-28-48)67-56-36-20-18-34-54(56)63(74-67)58(45-23-7-2-8-24-45)61-50-30-14-16-32-52(50)65(59)72-61;/h1-39H;/q-2;+2. The third-order valence-electron chi connectivity index (χ3n) is 14.4. The third-order valence-corrected chi connectivity index (χ3v) is 14.4. The van der Waals surface area contributed by atoms with Crippen molar-refractivity contribution in [3.8, 4) is 90.5 Å². The molecule has 3 aliphatic rings. The number of benzene rings is 9. The molecule has 356 valence electrons. The quantitative estimate of drug-likeness (QED) is 0.163. The number of rotatable bonds is 6. The first-order chi connectivity index (χ1) is 37.1. The Balaban J connectivity index is 0.00000553. The Morgan fingerprint density at radius 2 is 0.645 bits per heavy atom. The van der Waals surface area contributed by atoms with Gasteiger partial charge in [0.2, 0.25) is 0 Å². The predicted octanol–water partition coefficient (Wildman–Crippen LogP) is 16.8. The smallest absolute Gasteiger partial charge is 0.656 e. The van der Waals surface area contributed by atoms with E-state index in [1.165, 1.54) is 0 Å². The van der Waals surface area contributed by atoms with E-state index in [-0.39, 0.29) is 21.1 Å². The summed E-state index contributed by atoms with van der Waals surface area (Å²) in [5.41, 5.74) is 17.9. The number of nitriles is 2. The van der Waals surface area contributed by atoms with E-state index in [0.717, 1.165) is 117 Å². The molecule has 1 aliphatic carbocycles. The van der Waals surface area contributed by atoms with Gasteiger partial charge in [0.1, 0.15) is 0 Å².